The number of nitrogens with one attached hydrogen (secondary N) is 3. The maximum absolute atomic E-state index is 11.8. The lowest BCUT2D eigenvalue weighted by atomic mass is 10.2. The van der Waals surface area contributed by atoms with E-state index in [9.17, 15) is 9.59 Å². The summed E-state index contributed by atoms with van der Waals surface area (Å²) < 4.78 is 0. The maximum Gasteiger partial charge on any atom is 0.315 e. The lowest BCUT2D eigenvalue weighted by molar-refractivity contribution is -0.122. The van der Waals surface area contributed by atoms with Crippen LogP contribution in [-0.4, -0.2) is 38.6 Å². The Labute approximate surface area is 112 Å². The van der Waals surface area contributed by atoms with Gasteiger partial charge in [0.05, 0.1) is 0 Å². The van der Waals surface area contributed by atoms with Gasteiger partial charge in [-0.2, -0.15) is 0 Å². The average Bonchev–Trinajstić information content (AvgIpc) is 2.83. The molecule has 2 rings (SSSR count). The van der Waals surface area contributed by atoms with Gasteiger partial charge < -0.3 is 20.9 Å². The molecular formula is C13H18N4O2. The van der Waals surface area contributed by atoms with Crippen LogP contribution >= 0.6 is 0 Å². The number of amides is 3. The molecule has 1 heterocycles. The van der Waals surface area contributed by atoms with Gasteiger partial charge >= 0.3 is 6.03 Å². The molecule has 6 heteroatoms. The molecule has 0 aromatic heterocycles. The number of carbonyl (C=O) groups excluding carboxylic acids is 2. The van der Waals surface area contributed by atoms with E-state index in [4.69, 9.17) is 0 Å². The average molecular weight is 262 g/mol. The van der Waals surface area contributed by atoms with Gasteiger partial charge in [0.15, 0.2) is 0 Å². The van der Waals surface area contributed by atoms with Crippen molar-refractivity contribution in [2.24, 2.45) is 0 Å². The number of carbonyl (C=O) groups is 2. The molecule has 0 aliphatic carbocycles. The molecule has 0 radical (unpaired) electrons. The first-order valence-electron chi connectivity index (χ1n) is 6.14. The highest BCUT2D eigenvalue weighted by atomic mass is 16.2. The van der Waals surface area contributed by atoms with Gasteiger partial charge in [-0.15, -0.1) is 0 Å². The summed E-state index contributed by atoms with van der Waals surface area (Å²) in [6, 6.07) is 7.16. The number of rotatable bonds is 4. The van der Waals surface area contributed by atoms with Crippen molar-refractivity contribution in [3.63, 3.8) is 0 Å². The van der Waals surface area contributed by atoms with Gasteiger partial charge in [0.2, 0.25) is 5.91 Å². The van der Waals surface area contributed by atoms with E-state index in [1.165, 1.54) is 0 Å². The molecule has 19 heavy (non-hydrogen) atoms. The smallest absolute Gasteiger partial charge is 0.315 e. The van der Waals surface area contributed by atoms with Crippen LogP contribution in [0.4, 0.5) is 10.5 Å². The zero-order valence-electron chi connectivity index (χ0n) is 11.1. The Balaban J connectivity index is 1.90. The van der Waals surface area contributed by atoms with E-state index in [0.29, 0.717) is 13.1 Å². The zero-order chi connectivity index (χ0) is 13.8. The quantitative estimate of drug-likeness (QED) is 0.718. The van der Waals surface area contributed by atoms with Crippen LogP contribution in [0.15, 0.2) is 24.3 Å². The van der Waals surface area contributed by atoms with Crippen molar-refractivity contribution in [1.29, 1.82) is 0 Å². The topological polar surface area (TPSA) is 73.5 Å². The summed E-state index contributed by atoms with van der Waals surface area (Å²) in [5.41, 5.74) is 2.11. The minimum atomic E-state index is -0.482. The number of hydrogen-bond donors (Lipinski definition) is 3. The van der Waals surface area contributed by atoms with Crippen LogP contribution in [0, 0.1) is 0 Å². The van der Waals surface area contributed by atoms with E-state index in [1.807, 2.05) is 43.3 Å². The molecule has 0 saturated carbocycles. The van der Waals surface area contributed by atoms with Crippen LogP contribution in [0.1, 0.15) is 5.56 Å². The van der Waals surface area contributed by atoms with Gasteiger partial charge in [-0.05, 0) is 17.7 Å². The number of hydrogen-bond acceptors (Lipinski definition) is 3. The van der Waals surface area contributed by atoms with Crippen molar-refractivity contribution in [1.82, 2.24) is 16.0 Å². The number of urea groups is 1. The van der Waals surface area contributed by atoms with E-state index in [2.05, 4.69) is 16.0 Å². The van der Waals surface area contributed by atoms with Crippen LogP contribution in [-0.2, 0) is 11.3 Å². The standard InChI is InChI=1S/C13H18N4O2/c1-17(2)10-5-3-4-9(6-10)7-14-12(18)11-8-15-13(19)16-11/h3-6,11H,7-8H2,1-2H3,(H,14,18)(H2,15,16,19)/t11-/m0/s1. The Hall–Kier alpha value is -2.24. The van der Waals surface area contributed by atoms with Gasteiger partial charge in [-0.3, -0.25) is 4.79 Å². The maximum atomic E-state index is 11.8. The van der Waals surface area contributed by atoms with E-state index >= 15 is 0 Å². The van der Waals surface area contributed by atoms with Crippen LogP contribution in [0.25, 0.3) is 0 Å². The van der Waals surface area contributed by atoms with Crippen molar-refractivity contribution in [3.05, 3.63) is 29.8 Å². The highest BCUT2D eigenvalue weighted by Gasteiger charge is 2.26. The second-order valence-electron chi connectivity index (χ2n) is 4.69. The number of benzene rings is 1. The molecule has 3 amide bonds. The molecule has 1 atom stereocenters. The summed E-state index contributed by atoms with van der Waals surface area (Å²) in [4.78, 5) is 24.8. The fraction of sp³-hybridized carbons (Fsp3) is 0.385. The predicted molar refractivity (Wildman–Crippen MR) is 72.9 cm³/mol. The van der Waals surface area contributed by atoms with Crippen LogP contribution in [0.5, 0.6) is 0 Å². The van der Waals surface area contributed by atoms with E-state index in [1.54, 1.807) is 0 Å². The SMILES string of the molecule is CN(C)c1cccc(CNC(=O)[C@@H]2CNC(=O)N2)c1. The van der Waals surface area contributed by atoms with Gasteiger partial charge in [0.1, 0.15) is 6.04 Å². The summed E-state index contributed by atoms with van der Waals surface area (Å²) >= 11 is 0. The minimum Gasteiger partial charge on any atom is -0.378 e. The molecule has 1 aliphatic rings. The summed E-state index contributed by atoms with van der Waals surface area (Å²) in [6.45, 7) is 0.787. The molecular weight excluding hydrogens is 244 g/mol. The third-order valence-electron chi connectivity index (χ3n) is 2.98. The van der Waals surface area contributed by atoms with E-state index in [-0.39, 0.29) is 11.9 Å². The molecule has 3 N–H and O–H groups in total. The molecule has 1 aliphatic heterocycles. The Morgan fingerprint density at radius 2 is 2.26 bits per heavy atom. The Kier molecular flexibility index (Phi) is 3.89. The highest BCUT2D eigenvalue weighted by Crippen LogP contribution is 2.13. The van der Waals surface area contributed by atoms with Crippen LogP contribution < -0.4 is 20.9 Å². The molecule has 0 spiro atoms. The summed E-state index contributed by atoms with van der Waals surface area (Å²) in [5, 5.41) is 7.92. The second-order valence-corrected chi connectivity index (χ2v) is 4.69. The molecule has 0 bridgehead atoms. The Morgan fingerprint density at radius 3 is 2.89 bits per heavy atom. The molecule has 102 valence electrons. The second kappa shape index (κ2) is 5.60. The normalized spacial score (nSPS) is 17.6. The Bertz CT molecular complexity index is 487. The lowest BCUT2D eigenvalue weighted by Crippen LogP contribution is -2.42. The predicted octanol–water partition coefficient (Wildman–Crippen LogP) is 0.0502. The van der Waals surface area contributed by atoms with Gasteiger partial charge in [-0.1, -0.05) is 12.1 Å². The first kappa shape index (κ1) is 13.2. The molecule has 1 aromatic rings. The molecule has 1 aromatic carbocycles. The molecule has 1 saturated heterocycles. The fourth-order valence-corrected chi connectivity index (χ4v) is 1.87. The van der Waals surface area contributed by atoms with Crippen molar-refractivity contribution in [3.8, 4) is 0 Å². The highest BCUT2D eigenvalue weighted by molar-refractivity contribution is 5.90. The van der Waals surface area contributed by atoms with Crippen LogP contribution in [0.2, 0.25) is 0 Å². The zero-order valence-corrected chi connectivity index (χ0v) is 11.1. The third-order valence-corrected chi connectivity index (χ3v) is 2.98. The number of nitrogens with zero attached hydrogens (tertiary/aromatic N) is 1. The molecule has 0 unspecified atom stereocenters. The van der Waals surface area contributed by atoms with Gasteiger partial charge in [-0.25, -0.2) is 4.79 Å². The summed E-state index contributed by atoms with van der Waals surface area (Å²) in [6.07, 6.45) is 0. The van der Waals surface area contributed by atoms with Gasteiger partial charge in [0, 0.05) is 32.9 Å². The third kappa shape index (κ3) is 3.37. The van der Waals surface area contributed by atoms with Crippen molar-refractivity contribution < 1.29 is 9.59 Å². The summed E-state index contributed by atoms with van der Waals surface area (Å²) in [5.74, 6) is -0.173. The van der Waals surface area contributed by atoms with E-state index in [0.717, 1.165) is 11.3 Å². The fourth-order valence-electron chi connectivity index (χ4n) is 1.87. The number of anilines is 1. The lowest BCUT2D eigenvalue weighted by Gasteiger charge is -2.14. The minimum absolute atomic E-state index is 0.173. The van der Waals surface area contributed by atoms with Crippen molar-refractivity contribution in [2.75, 3.05) is 25.5 Å². The van der Waals surface area contributed by atoms with Gasteiger partial charge in [0.25, 0.3) is 0 Å². The van der Waals surface area contributed by atoms with Crippen LogP contribution in [0.3, 0.4) is 0 Å². The molecule has 6 nitrogen and oxygen atoms in total. The Morgan fingerprint density at radius 1 is 1.47 bits per heavy atom. The monoisotopic (exact) mass is 262 g/mol. The first-order chi connectivity index (χ1) is 9.06. The van der Waals surface area contributed by atoms with Crippen molar-refractivity contribution >= 4 is 17.6 Å². The van der Waals surface area contributed by atoms with Crippen molar-refractivity contribution in [2.45, 2.75) is 12.6 Å². The largest absolute Gasteiger partial charge is 0.378 e. The summed E-state index contributed by atoms with van der Waals surface area (Å²) in [7, 11) is 3.94. The molecule has 1 fully saturated rings. The van der Waals surface area contributed by atoms with E-state index < -0.39 is 6.04 Å². The first-order valence-corrected chi connectivity index (χ1v) is 6.14.